The van der Waals surface area contributed by atoms with E-state index in [1.165, 1.54) is 12.4 Å². The van der Waals surface area contributed by atoms with Gasteiger partial charge in [0.15, 0.2) is 11.6 Å². The average molecular weight is 295 g/mol. The first-order valence-corrected chi connectivity index (χ1v) is 7.37. The highest BCUT2D eigenvalue weighted by atomic mass is 19.2. The molecule has 114 valence electrons. The van der Waals surface area contributed by atoms with Crippen molar-refractivity contribution in [2.75, 3.05) is 6.54 Å². The van der Waals surface area contributed by atoms with E-state index >= 15 is 0 Å². The number of halogens is 2. The molecule has 1 aliphatic heterocycles. The van der Waals surface area contributed by atoms with Crippen molar-refractivity contribution in [3.8, 4) is 0 Å². The van der Waals surface area contributed by atoms with E-state index in [-0.39, 0.29) is 17.7 Å². The molecule has 21 heavy (non-hydrogen) atoms. The Morgan fingerprint density at radius 2 is 2.24 bits per heavy atom. The minimum Gasteiger partial charge on any atom is -0.392 e. The van der Waals surface area contributed by atoms with Gasteiger partial charge in [-0.05, 0) is 44.4 Å². The molecule has 0 amide bonds. The Balaban J connectivity index is 1.67. The molecule has 1 saturated heterocycles. The summed E-state index contributed by atoms with van der Waals surface area (Å²) in [6.07, 6.45) is 4.62. The molecule has 0 radical (unpaired) electrons. The molecule has 0 aliphatic carbocycles. The number of nitrogens with one attached hydrogen (secondary N) is 1. The summed E-state index contributed by atoms with van der Waals surface area (Å²) >= 11 is 0. The Kier molecular flexibility index (Phi) is 4.17. The maximum atomic E-state index is 13.8. The van der Waals surface area contributed by atoms with Gasteiger partial charge in [-0.2, -0.15) is 0 Å². The van der Waals surface area contributed by atoms with Crippen LogP contribution in [0, 0.1) is 11.6 Å². The second-order valence-electron chi connectivity index (χ2n) is 5.58. The number of fused-ring (bicyclic) bond motifs is 1. The zero-order chi connectivity index (χ0) is 14.8. The molecule has 2 heterocycles. The van der Waals surface area contributed by atoms with Gasteiger partial charge >= 0.3 is 0 Å². The second kappa shape index (κ2) is 6.07. The number of hydrogen-bond acceptors (Lipinski definition) is 3. The van der Waals surface area contributed by atoms with Gasteiger partial charge in [0, 0.05) is 12.6 Å². The van der Waals surface area contributed by atoms with Crippen LogP contribution in [0.5, 0.6) is 0 Å². The second-order valence-corrected chi connectivity index (χ2v) is 5.58. The number of benzene rings is 1. The Bertz CT molecular complexity index is 629. The Morgan fingerprint density at radius 1 is 1.38 bits per heavy atom. The monoisotopic (exact) mass is 295 g/mol. The molecule has 1 fully saturated rings. The molecule has 0 saturated carbocycles. The van der Waals surface area contributed by atoms with E-state index in [0.29, 0.717) is 12.1 Å². The number of imidazole rings is 1. The smallest absolute Gasteiger partial charge is 0.184 e. The standard InChI is InChI=1S/C15H19F2N3O/c16-10-5-6-12-15(14(10)17)20(9-19-12)8-2-3-11-13(21)4-1-7-18-11/h5-6,9,11,13,18,21H,1-4,7-8H2. The molecule has 6 heteroatoms. The van der Waals surface area contributed by atoms with E-state index in [0.717, 1.165) is 38.3 Å². The van der Waals surface area contributed by atoms with Crippen LogP contribution < -0.4 is 5.32 Å². The van der Waals surface area contributed by atoms with E-state index in [4.69, 9.17) is 0 Å². The summed E-state index contributed by atoms with van der Waals surface area (Å²) < 4.78 is 28.8. The molecule has 0 spiro atoms. The van der Waals surface area contributed by atoms with Crippen LogP contribution in [0.2, 0.25) is 0 Å². The Hall–Kier alpha value is -1.53. The SMILES string of the molecule is OC1CCCNC1CCCn1cnc2ccc(F)c(F)c21. The summed E-state index contributed by atoms with van der Waals surface area (Å²) in [5.74, 6) is -1.70. The summed E-state index contributed by atoms with van der Waals surface area (Å²) in [4.78, 5) is 4.09. The van der Waals surface area contributed by atoms with Crippen LogP contribution in [0.15, 0.2) is 18.5 Å². The fourth-order valence-corrected chi connectivity index (χ4v) is 2.98. The molecule has 2 aromatic rings. The van der Waals surface area contributed by atoms with Crippen LogP contribution in [-0.4, -0.2) is 33.3 Å². The van der Waals surface area contributed by atoms with Gasteiger partial charge in [-0.25, -0.2) is 13.8 Å². The lowest BCUT2D eigenvalue weighted by atomic mass is 9.97. The van der Waals surface area contributed by atoms with Crippen molar-refractivity contribution < 1.29 is 13.9 Å². The average Bonchev–Trinajstić information content (AvgIpc) is 2.89. The summed E-state index contributed by atoms with van der Waals surface area (Å²) in [7, 11) is 0. The number of aromatic nitrogens is 2. The van der Waals surface area contributed by atoms with Gasteiger partial charge in [0.1, 0.15) is 5.52 Å². The predicted octanol–water partition coefficient (Wildman–Crippen LogP) is 2.21. The van der Waals surface area contributed by atoms with Crippen molar-refractivity contribution in [1.82, 2.24) is 14.9 Å². The number of rotatable bonds is 4. The first-order valence-electron chi connectivity index (χ1n) is 7.37. The lowest BCUT2D eigenvalue weighted by molar-refractivity contribution is 0.0909. The van der Waals surface area contributed by atoms with Crippen LogP contribution in [-0.2, 0) is 6.54 Å². The van der Waals surface area contributed by atoms with Gasteiger partial charge in [-0.1, -0.05) is 0 Å². The predicted molar refractivity (Wildman–Crippen MR) is 75.9 cm³/mol. The van der Waals surface area contributed by atoms with E-state index in [2.05, 4.69) is 10.3 Å². The fourth-order valence-electron chi connectivity index (χ4n) is 2.98. The number of aliphatic hydroxyl groups is 1. The number of piperidine rings is 1. The van der Waals surface area contributed by atoms with Crippen molar-refractivity contribution in [1.29, 1.82) is 0 Å². The minimum atomic E-state index is -0.853. The van der Waals surface area contributed by atoms with E-state index < -0.39 is 11.6 Å². The van der Waals surface area contributed by atoms with Crippen LogP contribution in [0.25, 0.3) is 11.0 Å². The molecule has 2 N–H and O–H groups in total. The first-order chi connectivity index (χ1) is 10.2. The zero-order valence-corrected chi connectivity index (χ0v) is 11.7. The molecule has 2 unspecified atom stereocenters. The van der Waals surface area contributed by atoms with Crippen LogP contribution >= 0.6 is 0 Å². The Labute approximate surface area is 121 Å². The molecule has 1 aliphatic rings. The number of nitrogens with zero attached hydrogens (tertiary/aromatic N) is 2. The first kappa shape index (κ1) is 14.4. The Morgan fingerprint density at radius 3 is 3.05 bits per heavy atom. The lowest BCUT2D eigenvalue weighted by Gasteiger charge is -2.29. The van der Waals surface area contributed by atoms with Crippen molar-refractivity contribution in [2.45, 2.75) is 44.4 Å². The maximum Gasteiger partial charge on any atom is 0.184 e. The molecule has 1 aromatic carbocycles. The number of hydrogen-bond donors (Lipinski definition) is 2. The molecular weight excluding hydrogens is 276 g/mol. The van der Waals surface area contributed by atoms with Crippen LogP contribution in [0.3, 0.4) is 0 Å². The van der Waals surface area contributed by atoms with Crippen molar-refractivity contribution in [3.05, 3.63) is 30.1 Å². The maximum absolute atomic E-state index is 13.8. The lowest BCUT2D eigenvalue weighted by Crippen LogP contribution is -2.44. The normalized spacial score (nSPS) is 22.8. The van der Waals surface area contributed by atoms with Gasteiger partial charge < -0.3 is 15.0 Å². The third kappa shape index (κ3) is 2.91. The van der Waals surface area contributed by atoms with Crippen LogP contribution in [0.1, 0.15) is 25.7 Å². The zero-order valence-electron chi connectivity index (χ0n) is 11.7. The molecular formula is C15H19F2N3O. The van der Waals surface area contributed by atoms with Crippen molar-refractivity contribution in [2.24, 2.45) is 0 Å². The van der Waals surface area contributed by atoms with Gasteiger partial charge in [-0.15, -0.1) is 0 Å². The highest BCUT2D eigenvalue weighted by Crippen LogP contribution is 2.20. The number of aliphatic hydroxyl groups excluding tert-OH is 1. The fraction of sp³-hybridized carbons (Fsp3) is 0.533. The van der Waals surface area contributed by atoms with E-state index in [1.54, 1.807) is 4.57 Å². The van der Waals surface area contributed by atoms with Crippen molar-refractivity contribution in [3.63, 3.8) is 0 Å². The molecule has 4 nitrogen and oxygen atoms in total. The van der Waals surface area contributed by atoms with Gasteiger partial charge in [0.2, 0.25) is 0 Å². The van der Waals surface area contributed by atoms with Gasteiger partial charge in [0.25, 0.3) is 0 Å². The van der Waals surface area contributed by atoms with Crippen molar-refractivity contribution >= 4 is 11.0 Å². The van der Waals surface area contributed by atoms with Crippen LogP contribution in [0.4, 0.5) is 8.78 Å². The highest BCUT2D eigenvalue weighted by Gasteiger charge is 2.22. The van der Waals surface area contributed by atoms with E-state index in [9.17, 15) is 13.9 Å². The highest BCUT2D eigenvalue weighted by molar-refractivity contribution is 5.75. The molecule has 2 atom stereocenters. The summed E-state index contributed by atoms with van der Waals surface area (Å²) in [5.41, 5.74) is 0.678. The largest absolute Gasteiger partial charge is 0.392 e. The van der Waals surface area contributed by atoms with Gasteiger partial charge in [0.05, 0.1) is 17.9 Å². The summed E-state index contributed by atoms with van der Waals surface area (Å²) in [6, 6.07) is 2.67. The molecule has 3 rings (SSSR count). The summed E-state index contributed by atoms with van der Waals surface area (Å²) in [6.45, 7) is 1.48. The third-order valence-electron chi connectivity index (χ3n) is 4.13. The molecule has 0 bridgehead atoms. The molecule has 1 aromatic heterocycles. The quantitative estimate of drug-likeness (QED) is 0.909. The van der Waals surface area contributed by atoms with Gasteiger partial charge in [-0.3, -0.25) is 0 Å². The summed E-state index contributed by atoms with van der Waals surface area (Å²) in [5, 5.41) is 13.2. The number of aryl methyl sites for hydroxylation is 1. The minimum absolute atomic E-state index is 0.0927. The third-order valence-corrected chi connectivity index (χ3v) is 4.13. The van der Waals surface area contributed by atoms with E-state index in [1.807, 2.05) is 0 Å². The topological polar surface area (TPSA) is 50.1 Å².